The van der Waals surface area contributed by atoms with Crippen molar-refractivity contribution in [3.63, 3.8) is 0 Å². The number of hydrogen-bond acceptors (Lipinski definition) is 4. The minimum atomic E-state index is -0.580. The summed E-state index contributed by atoms with van der Waals surface area (Å²) < 4.78 is 10.8. The normalized spacial score (nSPS) is 23.9. The topological polar surface area (TPSA) is 55.8 Å². The Bertz CT molecular complexity index is 579. The summed E-state index contributed by atoms with van der Waals surface area (Å²) in [4.78, 5) is 26.8. The van der Waals surface area contributed by atoms with Gasteiger partial charge in [0.1, 0.15) is 5.60 Å². The van der Waals surface area contributed by atoms with Crippen LogP contribution in [0.1, 0.15) is 46.2 Å². The van der Waals surface area contributed by atoms with Crippen LogP contribution in [0, 0.1) is 11.8 Å². The largest absolute Gasteiger partial charge is 0.466 e. The van der Waals surface area contributed by atoms with E-state index in [1.54, 1.807) is 11.8 Å². The molecule has 0 aromatic heterocycles. The molecule has 1 aromatic rings. The van der Waals surface area contributed by atoms with Gasteiger partial charge in [-0.3, -0.25) is 9.69 Å². The van der Waals surface area contributed by atoms with Gasteiger partial charge in [-0.15, -0.1) is 0 Å². The standard InChI is InChI=1S/C19H27NO4/c1-6-23-17(21)15-13(2)12-20(18(22)24-19(3,4)5)16(15)14-10-8-7-9-11-14/h7-11,13,15-16H,6,12H2,1-5H3/t13-,15+,16-/m1/s1. The molecule has 0 bridgehead atoms. The van der Waals surface area contributed by atoms with Gasteiger partial charge in [-0.05, 0) is 39.2 Å². The third-order valence-electron chi connectivity index (χ3n) is 4.10. The van der Waals surface area contributed by atoms with Gasteiger partial charge in [0.05, 0.1) is 18.6 Å². The van der Waals surface area contributed by atoms with Crippen LogP contribution in [0.15, 0.2) is 30.3 Å². The molecule has 0 saturated carbocycles. The average Bonchev–Trinajstić information content (AvgIpc) is 2.84. The number of rotatable bonds is 3. The number of nitrogens with zero attached hydrogens (tertiary/aromatic N) is 1. The summed E-state index contributed by atoms with van der Waals surface area (Å²) in [5.41, 5.74) is 0.342. The van der Waals surface area contributed by atoms with Crippen LogP contribution in [0.2, 0.25) is 0 Å². The highest BCUT2D eigenvalue weighted by atomic mass is 16.6. The highest BCUT2D eigenvalue weighted by Crippen LogP contribution is 2.42. The molecule has 1 aromatic carbocycles. The number of likely N-dealkylation sites (tertiary alicyclic amines) is 1. The fraction of sp³-hybridized carbons (Fsp3) is 0.579. The fourth-order valence-corrected chi connectivity index (χ4v) is 3.19. The predicted octanol–water partition coefficient (Wildman–Crippen LogP) is 3.79. The lowest BCUT2D eigenvalue weighted by Crippen LogP contribution is -2.38. The molecule has 2 rings (SSSR count). The van der Waals surface area contributed by atoms with Crippen LogP contribution < -0.4 is 0 Å². The van der Waals surface area contributed by atoms with E-state index in [1.807, 2.05) is 58.0 Å². The van der Waals surface area contributed by atoms with Gasteiger partial charge in [-0.25, -0.2) is 4.79 Å². The van der Waals surface area contributed by atoms with E-state index < -0.39 is 11.7 Å². The lowest BCUT2D eigenvalue weighted by Gasteiger charge is -2.30. The third kappa shape index (κ3) is 4.08. The molecule has 3 atom stereocenters. The Balaban J connectivity index is 2.36. The highest BCUT2D eigenvalue weighted by Gasteiger charge is 2.48. The van der Waals surface area contributed by atoms with Gasteiger partial charge in [0.2, 0.25) is 0 Å². The van der Waals surface area contributed by atoms with Crippen molar-refractivity contribution < 1.29 is 19.1 Å². The molecule has 1 amide bonds. The van der Waals surface area contributed by atoms with E-state index in [0.717, 1.165) is 5.56 Å². The van der Waals surface area contributed by atoms with Crippen LogP contribution >= 0.6 is 0 Å². The van der Waals surface area contributed by atoms with Crippen molar-refractivity contribution in [1.82, 2.24) is 4.90 Å². The van der Waals surface area contributed by atoms with E-state index in [-0.39, 0.29) is 23.8 Å². The van der Waals surface area contributed by atoms with Crippen LogP contribution in [0.3, 0.4) is 0 Å². The molecule has 0 aliphatic carbocycles. The molecule has 0 unspecified atom stereocenters. The number of ether oxygens (including phenoxy) is 2. The molecule has 0 spiro atoms. The van der Waals surface area contributed by atoms with Crippen molar-refractivity contribution in [2.45, 2.75) is 46.3 Å². The fourth-order valence-electron chi connectivity index (χ4n) is 3.19. The van der Waals surface area contributed by atoms with Crippen molar-refractivity contribution in [3.05, 3.63) is 35.9 Å². The first-order valence-corrected chi connectivity index (χ1v) is 8.45. The van der Waals surface area contributed by atoms with Crippen molar-refractivity contribution in [3.8, 4) is 0 Å². The smallest absolute Gasteiger partial charge is 0.410 e. The van der Waals surface area contributed by atoms with Crippen LogP contribution in [0.4, 0.5) is 4.79 Å². The summed E-state index contributed by atoms with van der Waals surface area (Å²) in [7, 11) is 0. The SMILES string of the molecule is CCOC(=O)[C@H]1[C@H](C)CN(C(=O)OC(C)(C)C)[C@@H]1c1ccccc1. The minimum absolute atomic E-state index is 0.00164. The lowest BCUT2D eigenvalue weighted by atomic mass is 9.88. The Morgan fingerprint density at radius 2 is 1.83 bits per heavy atom. The second-order valence-electron chi connectivity index (χ2n) is 7.24. The molecular weight excluding hydrogens is 306 g/mol. The van der Waals surface area contributed by atoms with E-state index in [0.29, 0.717) is 13.2 Å². The molecule has 5 heteroatoms. The first-order chi connectivity index (χ1) is 11.2. The monoisotopic (exact) mass is 333 g/mol. The zero-order chi connectivity index (χ0) is 17.9. The second kappa shape index (κ2) is 7.24. The van der Waals surface area contributed by atoms with Gasteiger partial charge in [0.15, 0.2) is 0 Å². The van der Waals surface area contributed by atoms with Crippen LogP contribution in [-0.2, 0) is 14.3 Å². The molecule has 1 saturated heterocycles. The Morgan fingerprint density at radius 1 is 1.21 bits per heavy atom. The van der Waals surface area contributed by atoms with Crippen molar-refractivity contribution in [1.29, 1.82) is 0 Å². The van der Waals surface area contributed by atoms with E-state index >= 15 is 0 Å². The Morgan fingerprint density at radius 3 is 2.38 bits per heavy atom. The van der Waals surface area contributed by atoms with E-state index in [9.17, 15) is 9.59 Å². The molecule has 0 N–H and O–H groups in total. The summed E-state index contributed by atoms with van der Waals surface area (Å²) in [6, 6.07) is 9.24. The van der Waals surface area contributed by atoms with E-state index in [2.05, 4.69) is 0 Å². The average molecular weight is 333 g/mol. The van der Waals surface area contributed by atoms with Gasteiger partial charge in [-0.1, -0.05) is 37.3 Å². The summed E-state index contributed by atoms with van der Waals surface area (Å²) in [6.07, 6.45) is -0.394. The predicted molar refractivity (Wildman–Crippen MR) is 91.4 cm³/mol. The van der Waals surface area contributed by atoms with Gasteiger partial charge < -0.3 is 9.47 Å². The molecule has 24 heavy (non-hydrogen) atoms. The van der Waals surface area contributed by atoms with Crippen molar-refractivity contribution >= 4 is 12.1 Å². The van der Waals surface area contributed by atoms with Gasteiger partial charge in [0, 0.05) is 6.54 Å². The maximum atomic E-state index is 12.7. The summed E-state index contributed by atoms with van der Waals surface area (Å²) in [5, 5.41) is 0. The Hall–Kier alpha value is -2.04. The maximum absolute atomic E-state index is 12.7. The molecule has 5 nitrogen and oxygen atoms in total. The van der Waals surface area contributed by atoms with Gasteiger partial charge in [0.25, 0.3) is 0 Å². The van der Waals surface area contributed by atoms with Crippen molar-refractivity contribution in [2.75, 3.05) is 13.2 Å². The van der Waals surface area contributed by atoms with Crippen LogP contribution in [0.25, 0.3) is 0 Å². The van der Waals surface area contributed by atoms with E-state index in [1.165, 1.54) is 0 Å². The Kier molecular flexibility index (Phi) is 5.52. The maximum Gasteiger partial charge on any atom is 0.410 e. The minimum Gasteiger partial charge on any atom is -0.466 e. The van der Waals surface area contributed by atoms with Gasteiger partial charge in [-0.2, -0.15) is 0 Å². The Labute approximate surface area is 143 Å². The molecular formula is C19H27NO4. The highest BCUT2D eigenvalue weighted by molar-refractivity contribution is 5.77. The number of carbonyl (C=O) groups is 2. The quantitative estimate of drug-likeness (QED) is 0.790. The number of esters is 1. The zero-order valence-corrected chi connectivity index (χ0v) is 15.1. The number of carbonyl (C=O) groups excluding carboxylic acids is 2. The summed E-state index contributed by atoms with van der Waals surface area (Å²) in [5.74, 6) is -0.647. The second-order valence-corrected chi connectivity index (χ2v) is 7.24. The van der Waals surface area contributed by atoms with Crippen molar-refractivity contribution in [2.24, 2.45) is 11.8 Å². The molecule has 1 aliphatic rings. The first-order valence-electron chi connectivity index (χ1n) is 8.45. The summed E-state index contributed by atoms with van der Waals surface area (Å²) >= 11 is 0. The van der Waals surface area contributed by atoms with Crippen LogP contribution in [0.5, 0.6) is 0 Å². The number of amides is 1. The summed E-state index contributed by atoms with van der Waals surface area (Å²) in [6.45, 7) is 10.1. The molecule has 1 heterocycles. The molecule has 1 fully saturated rings. The molecule has 1 aliphatic heterocycles. The number of benzene rings is 1. The van der Waals surface area contributed by atoms with Crippen LogP contribution in [-0.4, -0.2) is 35.7 Å². The number of hydrogen-bond donors (Lipinski definition) is 0. The van der Waals surface area contributed by atoms with E-state index in [4.69, 9.17) is 9.47 Å². The third-order valence-corrected chi connectivity index (χ3v) is 4.10. The zero-order valence-electron chi connectivity index (χ0n) is 15.1. The molecule has 0 radical (unpaired) electrons. The molecule has 132 valence electrons. The van der Waals surface area contributed by atoms with Gasteiger partial charge >= 0.3 is 12.1 Å². The lowest BCUT2D eigenvalue weighted by molar-refractivity contribution is -0.150. The first kappa shape index (κ1) is 18.3.